The molecule has 0 aromatic heterocycles. The van der Waals surface area contributed by atoms with Crippen LogP contribution < -0.4 is 4.72 Å². The lowest BCUT2D eigenvalue weighted by Gasteiger charge is -2.15. The molecule has 6 nitrogen and oxygen atoms in total. The Balaban J connectivity index is 3.20. The minimum absolute atomic E-state index is 0.143. The minimum atomic E-state index is -4.27. The third-order valence-electron chi connectivity index (χ3n) is 2.25. The lowest BCUT2D eigenvalue weighted by molar-refractivity contribution is -0.139. The molecule has 0 unspecified atom stereocenters. The number of hydrogen-bond acceptors (Lipinski definition) is 4. The van der Waals surface area contributed by atoms with E-state index in [-0.39, 0.29) is 21.5 Å². The summed E-state index contributed by atoms with van der Waals surface area (Å²) in [6.07, 6.45) is -0.294. The van der Waals surface area contributed by atoms with Crippen molar-refractivity contribution in [2.45, 2.75) is 17.4 Å². The monoisotopic (exact) mass is 361 g/mol. The Morgan fingerprint density at radius 1 is 1.25 bits per heavy atom. The highest BCUT2D eigenvalue weighted by Crippen LogP contribution is 2.32. The van der Waals surface area contributed by atoms with Gasteiger partial charge in [0.05, 0.1) is 10.0 Å². The van der Waals surface area contributed by atoms with Crippen molar-refractivity contribution < 1.29 is 23.4 Å². The van der Waals surface area contributed by atoms with E-state index in [2.05, 4.69) is 0 Å². The summed E-state index contributed by atoms with van der Waals surface area (Å²) in [6, 6.07) is 0.851. The van der Waals surface area contributed by atoms with Crippen LogP contribution in [0, 0.1) is 0 Å². The summed E-state index contributed by atoms with van der Waals surface area (Å²) in [7, 11) is -4.27. The standard InChI is InChI=1S/C10H10Cl3NO5S/c11-5-3-6(12)9(7(13)4-5)20(18,19)14-8(1-2-15)10(16)17/h3-4,8,14-15H,1-2H2,(H,16,17)/t8-/m0/s1. The molecule has 0 aliphatic heterocycles. The Hall–Kier alpha value is -0.570. The van der Waals surface area contributed by atoms with E-state index in [4.69, 9.17) is 45.0 Å². The van der Waals surface area contributed by atoms with Gasteiger partial charge in [0.1, 0.15) is 10.9 Å². The van der Waals surface area contributed by atoms with Gasteiger partial charge in [0.2, 0.25) is 10.0 Å². The number of carboxylic acid groups (broad SMARTS) is 1. The molecule has 0 fully saturated rings. The van der Waals surface area contributed by atoms with Crippen molar-refractivity contribution in [3.63, 3.8) is 0 Å². The molecule has 0 saturated heterocycles. The number of aliphatic carboxylic acids is 1. The topological polar surface area (TPSA) is 104 Å². The van der Waals surface area contributed by atoms with Gasteiger partial charge in [-0.2, -0.15) is 4.72 Å². The van der Waals surface area contributed by atoms with Crippen molar-refractivity contribution >= 4 is 50.8 Å². The zero-order valence-corrected chi connectivity index (χ0v) is 12.9. The average Bonchev–Trinajstić information content (AvgIpc) is 2.25. The Morgan fingerprint density at radius 3 is 2.15 bits per heavy atom. The van der Waals surface area contributed by atoms with E-state index in [0.717, 1.165) is 0 Å². The van der Waals surface area contributed by atoms with Crippen molar-refractivity contribution in [2.24, 2.45) is 0 Å². The third kappa shape index (κ3) is 4.21. The van der Waals surface area contributed by atoms with E-state index in [1.165, 1.54) is 12.1 Å². The summed E-state index contributed by atoms with van der Waals surface area (Å²) >= 11 is 17.2. The zero-order chi connectivity index (χ0) is 15.5. The maximum absolute atomic E-state index is 12.1. The number of hydrogen-bond donors (Lipinski definition) is 3. The van der Waals surface area contributed by atoms with Crippen LogP contribution in [0.4, 0.5) is 0 Å². The fraction of sp³-hybridized carbons (Fsp3) is 0.300. The first-order chi connectivity index (χ1) is 9.19. The molecule has 1 rings (SSSR count). The number of halogens is 3. The Bertz CT molecular complexity index is 596. The number of aliphatic hydroxyl groups is 1. The van der Waals surface area contributed by atoms with Crippen molar-refractivity contribution in [3.05, 3.63) is 27.2 Å². The van der Waals surface area contributed by atoms with E-state index in [0.29, 0.717) is 0 Å². The largest absolute Gasteiger partial charge is 0.480 e. The quantitative estimate of drug-likeness (QED) is 0.715. The molecule has 0 radical (unpaired) electrons. The van der Waals surface area contributed by atoms with Crippen molar-refractivity contribution in [3.8, 4) is 0 Å². The van der Waals surface area contributed by atoms with Crippen LogP contribution in [0.25, 0.3) is 0 Å². The first kappa shape index (κ1) is 17.5. The molecule has 0 amide bonds. The van der Waals surface area contributed by atoms with Crippen molar-refractivity contribution in [2.75, 3.05) is 6.61 Å². The number of carboxylic acids is 1. The number of aliphatic hydroxyl groups excluding tert-OH is 1. The van der Waals surface area contributed by atoms with Gasteiger partial charge in [0.25, 0.3) is 0 Å². The molecular formula is C10H10Cl3NO5S. The molecule has 1 aromatic carbocycles. The highest BCUT2D eigenvalue weighted by atomic mass is 35.5. The number of nitrogens with one attached hydrogen (secondary N) is 1. The first-order valence-corrected chi connectivity index (χ1v) is 7.81. The maximum atomic E-state index is 12.1. The Morgan fingerprint density at radius 2 is 1.75 bits per heavy atom. The van der Waals surface area contributed by atoms with E-state index >= 15 is 0 Å². The summed E-state index contributed by atoms with van der Waals surface area (Å²) in [6.45, 7) is -0.498. The second-order valence-electron chi connectivity index (χ2n) is 3.72. The van der Waals surface area contributed by atoms with Gasteiger partial charge in [-0.3, -0.25) is 4.79 Å². The number of carbonyl (C=O) groups is 1. The summed E-state index contributed by atoms with van der Waals surface area (Å²) in [5.74, 6) is -1.43. The molecule has 0 aliphatic rings. The van der Waals surface area contributed by atoms with Gasteiger partial charge in [-0.25, -0.2) is 8.42 Å². The second-order valence-corrected chi connectivity index (χ2v) is 6.62. The molecule has 1 aromatic rings. The number of sulfonamides is 1. The predicted molar refractivity (Wildman–Crippen MR) is 74.9 cm³/mol. The number of rotatable bonds is 6. The molecule has 0 saturated carbocycles. The van der Waals surface area contributed by atoms with Crippen LogP contribution in [0.3, 0.4) is 0 Å². The van der Waals surface area contributed by atoms with Gasteiger partial charge in [0, 0.05) is 11.6 Å². The number of benzene rings is 1. The summed E-state index contributed by atoms with van der Waals surface area (Å²) in [4.78, 5) is 10.4. The lowest BCUT2D eigenvalue weighted by Crippen LogP contribution is -2.41. The Labute approximate surface area is 130 Å². The molecule has 0 bridgehead atoms. The molecule has 0 heterocycles. The minimum Gasteiger partial charge on any atom is -0.480 e. The van der Waals surface area contributed by atoms with Gasteiger partial charge in [-0.1, -0.05) is 34.8 Å². The van der Waals surface area contributed by atoms with Crippen LogP contribution in [-0.4, -0.2) is 37.2 Å². The molecule has 0 aliphatic carbocycles. The lowest BCUT2D eigenvalue weighted by atomic mass is 10.2. The van der Waals surface area contributed by atoms with Crippen LogP contribution in [0.2, 0.25) is 15.1 Å². The molecule has 20 heavy (non-hydrogen) atoms. The van der Waals surface area contributed by atoms with Gasteiger partial charge in [-0.05, 0) is 18.6 Å². The normalized spacial score (nSPS) is 13.2. The second kappa shape index (κ2) is 6.93. The van der Waals surface area contributed by atoms with Crippen LogP contribution >= 0.6 is 34.8 Å². The van der Waals surface area contributed by atoms with Crippen LogP contribution in [-0.2, 0) is 14.8 Å². The molecular weight excluding hydrogens is 353 g/mol. The molecule has 112 valence electrons. The predicted octanol–water partition coefficient (Wildman–Crippen LogP) is 1.76. The van der Waals surface area contributed by atoms with Crippen LogP contribution in [0.5, 0.6) is 0 Å². The van der Waals surface area contributed by atoms with Gasteiger partial charge < -0.3 is 10.2 Å². The summed E-state index contributed by atoms with van der Waals surface area (Å²) in [5.41, 5.74) is 0. The Kier molecular flexibility index (Phi) is 6.06. The van der Waals surface area contributed by atoms with Crippen LogP contribution in [0.1, 0.15) is 6.42 Å². The SMILES string of the molecule is O=C(O)[C@H](CCO)NS(=O)(=O)c1c(Cl)cc(Cl)cc1Cl. The molecule has 1 atom stereocenters. The zero-order valence-electron chi connectivity index (χ0n) is 9.81. The third-order valence-corrected chi connectivity index (χ3v) is 4.86. The molecule has 3 N–H and O–H groups in total. The van der Waals surface area contributed by atoms with E-state index in [9.17, 15) is 13.2 Å². The first-order valence-electron chi connectivity index (χ1n) is 5.19. The van der Waals surface area contributed by atoms with E-state index in [1.807, 2.05) is 4.72 Å². The molecule has 10 heteroatoms. The van der Waals surface area contributed by atoms with Gasteiger partial charge in [0.15, 0.2) is 0 Å². The molecule has 0 spiro atoms. The van der Waals surface area contributed by atoms with Gasteiger partial charge in [-0.15, -0.1) is 0 Å². The summed E-state index contributed by atoms with van der Waals surface area (Å²) in [5, 5.41) is 17.3. The van der Waals surface area contributed by atoms with Gasteiger partial charge >= 0.3 is 5.97 Å². The maximum Gasteiger partial charge on any atom is 0.321 e. The van der Waals surface area contributed by atoms with E-state index < -0.39 is 33.5 Å². The van der Waals surface area contributed by atoms with E-state index in [1.54, 1.807) is 0 Å². The van der Waals surface area contributed by atoms with Crippen molar-refractivity contribution in [1.82, 2.24) is 4.72 Å². The highest BCUT2D eigenvalue weighted by molar-refractivity contribution is 7.89. The summed E-state index contributed by atoms with van der Waals surface area (Å²) < 4.78 is 26.1. The fourth-order valence-electron chi connectivity index (χ4n) is 1.39. The van der Waals surface area contributed by atoms with Crippen molar-refractivity contribution in [1.29, 1.82) is 0 Å². The average molecular weight is 363 g/mol. The fourth-order valence-corrected chi connectivity index (χ4v) is 4.16. The van der Waals surface area contributed by atoms with Crippen LogP contribution in [0.15, 0.2) is 17.0 Å². The smallest absolute Gasteiger partial charge is 0.321 e. The highest BCUT2D eigenvalue weighted by Gasteiger charge is 2.28.